The van der Waals surface area contributed by atoms with Crippen molar-refractivity contribution >= 4 is 34.4 Å². The van der Waals surface area contributed by atoms with Crippen molar-refractivity contribution in [3.63, 3.8) is 0 Å². The van der Waals surface area contributed by atoms with Crippen LogP contribution in [0.15, 0.2) is 30.6 Å². The first-order valence-corrected chi connectivity index (χ1v) is 11.5. The smallest absolute Gasteiger partial charge is 0.270 e. The van der Waals surface area contributed by atoms with E-state index in [2.05, 4.69) is 36.1 Å². The van der Waals surface area contributed by atoms with Gasteiger partial charge in [-0.05, 0) is 50.4 Å². The van der Waals surface area contributed by atoms with Crippen LogP contribution in [0.2, 0.25) is 0 Å². The number of aromatic nitrogens is 4. The number of nitrogens with one attached hydrogen (secondary N) is 2. The number of nitrogens with zero attached hydrogens (tertiary/aromatic N) is 6. The van der Waals surface area contributed by atoms with Crippen molar-refractivity contribution in [1.82, 2.24) is 29.7 Å². The third kappa shape index (κ3) is 3.19. The highest BCUT2D eigenvalue weighted by Gasteiger charge is 2.41. The van der Waals surface area contributed by atoms with Gasteiger partial charge in [0.25, 0.3) is 5.91 Å². The molecule has 0 spiro atoms. The maximum Gasteiger partial charge on any atom is 0.270 e. The zero-order valence-electron chi connectivity index (χ0n) is 18.3. The van der Waals surface area contributed by atoms with Gasteiger partial charge in [0.15, 0.2) is 0 Å². The molecule has 2 atom stereocenters. The van der Waals surface area contributed by atoms with Gasteiger partial charge < -0.3 is 25.0 Å². The van der Waals surface area contributed by atoms with Gasteiger partial charge in [-0.15, -0.1) is 0 Å². The normalized spacial score (nSPS) is 23.2. The first kappa shape index (κ1) is 19.5. The van der Waals surface area contributed by atoms with E-state index in [0.29, 0.717) is 17.5 Å². The van der Waals surface area contributed by atoms with Crippen molar-refractivity contribution < 1.29 is 4.79 Å². The Kier molecular flexibility index (Phi) is 4.71. The molecule has 1 aliphatic carbocycles. The summed E-state index contributed by atoms with van der Waals surface area (Å²) in [5.41, 5.74) is 2.67. The molecule has 9 nitrogen and oxygen atoms in total. The van der Waals surface area contributed by atoms with Crippen LogP contribution in [0.4, 0.5) is 17.5 Å². The Morgan fingerprint density at radius 3 is 2.84 bits per heavy atom. The number of likely N-dealkylation sites (N-methyl/N-ethyl adjacent to an activating group) is 1. The van der Waals surface area contributed by atoms with Crippen LogP contribution in [-0.2, 0) is 0 Å². The molecule has 0 radical (unpaired) electrons. The van der Waals surface area contributed by atoms with E-state index < -0.39 is 0 Å². The number of amides is 1. The van der Waals surface area contributed by atoms with Crippen LogP contribution in [0.5, 0.6) is 0 Å². The number of hydrogen-bond donors (Lipinski definition) is 2. The number of hydrogen-bond acceptors (Lipinski definition) is 7. The lowest BCUT2D eigenvalue weighted by Crippen LogP contribution is -2.46. The molecule has 0 bridgehead atoms. The van der Waals surface area contributed by atoms with E-state index in [4.69, 9.17) is 4.98 Å². The Morgan fingerprint density at radius 1 is 1.06 bits per heavy atom. The van der Waals surface area contributed by atoms with Crippen molar-refractivity contribution in [3.05, 3.63) is 36.3 Å². The lowest BCUT2D eigenvalue weighted by molar-refractivity contribution is 0.0632. The molecule has 0 aromatic carbocycles. The lowest BCUT2D eigenvalue weighted by atomic mass is 10.1. The predicted molar refractivity (Wildman–Crippen MR) is 124 cm³/mol. The zero-order chi connectivity index (χ0) is 21.7. The number of fused-ring (bicyclic) bond motifs is 5. The molecule has 3 aromatic rings. The predicted octanol–water partition coefficient (Wildman–Crippen LogP) is 2.55. The van der Waals surface area contributed by atoms with Crippen molar-refractivity contribution in [3.8, 4) is 0 Å². The fourth-order valence-corrected chi connectivity index (χ4v) is 5.44. The second-order valence-electron chi connectivity index (χ2n) is 8.97. The van der Waals surface area contributed by atoms with Crippen molar-refractivity contribution in [1.29, 1.82) is 0 Å². The second kappa shape index (κ2) is 7.74. The Bertz CT molecular complexity index is 1150. The zero-order valence-corrected chi connectivity index (χ0v) is 18.3. The Hall–Kier alpha value is -3.20. The number of anilines is 3. The molecule has 3 aliphatic rings. The van der Waals surface area contributed by atoms with E-state index in [1.807, 2.05) is 30.3 Å². The standard InChI is InChI=1S/C23H28N8O/c1-29-17-4-2-5-18(17)31-19(22(29)32)12-15-13-26-23(28-21(15)31)27-20-7-6-16(14-25-20)30-10-3-8-24-9-11-30/h6-7,12-14,17-18,24H,2-5,8-11H2,1H3,(H,25,26,27,28). The molecule has 32 heavy (non-hydrogen) atoms. The van der Waals surface area contributed by atoms with E-state index in [1.54, 1.807) is 6.20 Å². The summed E-state index contributed by atoms with van der Waals surface area (Å²) in [6.45, 7) is 4.09. The molecule has 2 aliphatic heterocycles. The number of rotatable bonds is 3. The second-order valence-corrected chi connectivity index (χ2v) is 8.97. The van der Waals surface area contributed by atoms with Gasteiger partial charge in [0.05, 0.1) is 24.0 Å². The summed E-state index contributed by atoms with van der Waals surface area (Å²) in [4.78, 5) is 31.0. The molecule has 6 rings (SSSR count). The summed E-state index contributed by atoms with van der Waals surface area (Å²) in [6.07, 6.45) is 8.09. The van der Waals surface area contributed by atoms with Crippen LogP contribution in [0.3, 0.4) is 0 Å². The van der Waals surface area contributed by atoms with Gasteiger partial charge in [0.2, 0.25) is 5.95 Å². The number of pyridine rings is 1. The molecule has 2 unspecified atom stereocenters. The third-order valence-electron chi connectivity index (χ3n) is 7.08. The first-order valence-electron chi connectivity index (χ1n) is 11.5. The topological polar surface area (TPSA) is 91.2 Å². The first-order chi connectivity index (χ1) is 15.7. The number of carbonyl (C=O) groups excluding carboxylic acids is 1. The van der Waals surface area contributed by atoms with Crippen LogP contribution in [0, 0.1) is 0 Å². The molecular weight excluding hydrogens is 404 g/mol. The Morgan fingerprint density at radius 2 is 1.97 bits per heavy atom. The molecule has 5 heterocycles. The van der Waals surface area contributed by atoms with Gasteiger partial charge in [-0.25, -0.2) is 9.97 Å². The van der Waals surface area contributed by atoms with E-state index in [-0.39, 0.29) is 18.0 Å². The van der Waals surface area contributed by atoms with E-state index in [0.717, 1.165) is 68.6 Å². The molecule has 9 heteroatoms. The summed E-state index contributed by atoms with van der Waals surface area (Å²) >= 11 is 0. The average molecular weight is 433 g/mol. The summed E-state index contributed by atoms with van der Waals surface area (Å²) in [5.74, 6) is 1.28. The molecule has 3 aromatic heterocycles. The van der Waals surface area contributed by atoms with E-state index >= 15 is 0 Å². The SMILES string of the molecule is CN1C(=O)c2cc3cnc(Nc4ccc(N5CCCNCC5)cn4)nc3n2C2CCCC21. The van der Waals surface area contributed by atoms with Crippen LogP contribution in [-0.4, -0.2) is 69.6 Å². The summed E-state index contributed by atoms with van der Waals surface area (Å²) < 4.78 is 2.14. The van der Waals surface area contributed by atoms with Crippen LogP contribution >= 0.6 is 0 Å². The van der Waals surface area contributed by atoms with Crippen molar-refractivity contribution in [2.75, 3.05) is 43.4 Å². The maximum absolute atomic E-state index is 12.9. The van der Waals surface area contributed by atoms with Crippen molar-refractivity contribution in [2.24, 2.45) is 0 Å². The van der Waals surface area contributed by atoms with Gasteiger partial charge in [-0.1, -0.05) is 0 Å². The van der Waals surface area contributed by atoms with Gasteiger partial charge in [0.1, 0.15) is 17.2 Å². The molecule has 166 valence electrons. The molecule has 1 amide bonds. The fraction of sp³-hybridized carbons (Fsp3) is 0.478. The number of carbonyl (C=O) groups is 1. The van der Waals surface area contributed by atoms with Gasteiger partial charge in [0, 0.05) is 38.3 Å². The minimum Gasteiger partial charge on any atom is -0.369 e. The highest BCUT2D eigenvalue weighted by Crippen LogP contribution is 2.41. The highest BCUT2D eigenvalue weighted by molar-refractivity contribution is 5.99. The lowest BCUT2D eigenvalue weighted by Gasteiger charge is -2.36. The average Bonchev–Trinajstić information content (AvgIpc) is 3.34. The van der Waals surface area contributed by atoms with Gasteiger partial charge >= 0.3 is 0 Å². The summed E-state index contributed by atoms with van der Waals surface area (Å²) in [5, 5.41) is 7.57. The molecule has 1 saturated carbocycles. The minimum atomic E-state index is 0.0710. The monoisotopic (exact) mass is 432 g/mol. The van der Waals surface area contributed by atoms with E-state index in [9.17, 15) is 4.79 Å². The summed E-state index contributed by atoms with van der Waals surface area (Å²) in [7, 11) is 1.92. The van der Waals surface area contributed by atoms with Crippen LogP contribution in [0.1, 0.15) is 42.2 Å². The molecule has 2 N–H and O–H groups in total. The van der Waals surface area contributed by atoms with E-state index in [1.165, 1.54) is 0 Å². The quantitative estimate of drug-likeness (QED) is 0.657. The van der Waals surface area contributed by atoms with Gasteiger partial charge in [-0.3, -0.25) is 4.79 Å². The molecule has 1 saturated heterocycles. The molecule has 2 fully saturated rings. The summed E-state index contributed by atoms with van der Waals surface area (Å²) in [6, 6.07) is 6.53. The Balaban J connectivity index is 1.28. The highest BCUT2D eigenvalue weighted by atomic mass is 16.2. The van der Waals surface area contributed by atoms with Gasteiger partial charge in [-0.2, -0.15) is 4.98 Å². The van der Waals surface area contributed by atoms with Crippen molar-refractivity contribution in [2.45, 2.75) is 37.8 Å². The van der Waals surface area contributed by atoms with Crippen LogP contribution < -0.4 is 15.5 Å². The molecular formula is C23H28N8O. The largest absolute Gasteiger partial charge is 0.369 e. The Labute approximate surface area is 186 Å². The van der Waals surface area contributed by atoms with Crippen LogP contribution in [0.25, 0.3) is 11.0 Å². The third-order valence-corrected chi connectivity index (χ3v) is 7.08. The fourth-order valence-electron chi connectivity index (χ4n) is 5.44. The maximum atomic E-state index is 12.9. The minimum absolute atomic E-state index is 0.0710.